The first-order valence-corrected chi connectivity index (χ1v) is 8.97. The molecule has 0 spiro atoms. The monoisotopic (exact) mass is 387 g/mol. The molecule has 1 N–H and O–H groups in total. The van der Waals surface area contributed by atoms with Gasteiger partial charge in [-0.05, 0) is 31.5 Å². The van der Waals surface area contributed by atoms with Crippen LogP contribution in [-0.2, 0) is 11.8 Å². The maximum absolute atomic E-state index is 12.2. The lowest BCUT2D eigenvalue weighted by Crippen LogP contribution is -2.15. The third-order valence-electron chi connectivity index (χ3n) is 3.96. The number of nitrogens with one attached hydrogen (secondary N) is 1. The molecule has 1 aromatic carbocycles. The molecule has 3 aromatic rings. The van der Waals surface area contributed by atoms with Gasteiger partial charge in [0.15, 0.2) is 11.0 Å². The molecule has 0 atom stereocenters. The van der Waals surface area contributed by atoms with Crippen molar-refractivity contribution in [3.63, 3.8) is 0 Å². The first-order valence-electron chi connectivity index (χ1n) is 7.98. The van der Waals surface area contributed by atoms with Gasteiger partial charge in [0.1, 0.15) is 5.76 Å². The molecule has 3 rings (SSSR count). The van der Waals surface area contributed by atoms with Gasteiger partial charge in [-0.2, -0.15) is 0 Å². The summed E-state index contributed by atoms with van der Waals surface area (Å²) in [5.41, 5.74) is 2.00. The number of nitro groups is 1. The van der Waals surface area contributed by atoms with Crippen LogP contribution >= 0.6 is 11.8 Å². The van der Waals surface area contributed by atoms with Crippen molar-refractivity contribution in [1.82, 2.24) is 14.8 Å². The molecule has 0 aliphatic rings. The minimum absolute atomic E-state index is 0.0129. The number of hydrogen-bond donors (Lipinski definition) is 1. The van der Waals surface area contributed by atoms with Gasteiger partial charge in [-0.1, -0.05) is 11.8 Å². The molecule has 1 amide bonds. The minimum Gasteiger partial charge on any atom is -0.469 e. The normalized spacial score (nSPS) is 10.8. The molecule has 10 heteroatoms. The summed E-state index contributed by atoms with van der Waals surface area (Å²) in [7, 11) is 1.82. The second-order valence-electron chi connectivity index (χ2n) is 5.85. The van der Waals surface area contributed by atoms with Gasteiger partial charge >= 0.3 is 0 Å². The Bertz CT molecular complexity index is 1010. The molecule has 2 heterocycles. The smallest absolute Gasteiger partial charge is 0.269 e. The summed E-state index contributed by atoms with van der Waals surface area (Å²) in [6, 6.07) is 6.12. The minimum atomic E-state index is -0.470. The number of nitro benzene ring substituents is 1. The van der Waals surface area contributed by atoms with Crippen LogP contribution in [0, 0.1) is 24.0 Å². The molecule has 140 valence electrons. The van der Waals surface area contributed by atoms with Gasteiger partial charge in [-0.25, -0.2) is 0 Å². The van der Waals surface area contributed by atoms with E-state index >= 15 is 0 Å². The quantitative estimate of drug-likeness (QED) is 0.392. The highest BCUT2D eigenvalue weighted by molar-refractivity contribution is 7.99. The average molecular weight is 387 g/mol. The molecule has 0 bridgehead atoms. The van der Waals surface area contributed by atoms with E-state index in [9.17, 15) is 14.9 Å². The zero-order chi connectivity index (χ0) is 19.6. The standard InChI is InChI=1S/C17H17N5O4S/c1-10-8-12(22(24)25)4-5-14(10)18-15(23)9-27-17-20-19-16(21(17)3)13-6-7-26-11(13)2/h4-8H,9H2,1-3H3,(H,18,23). The third kappa shape index (κ3) is 4.00. The molecule has 9 nitrogen and oxygen atoms in total. The van der Waals surface area contributed by atoms with E-state index in [4.69, 9.17) is 4.42 Å². The number of aromatic nitrogens is 3. The van der Waals surface area contributed by atoms with E-state index in [-0.39, 0.29) is 17.3 Å². The summed E-state index contributed by atoms with van der Waals surface area (Å²) in [5, 5.41) is 22.4. The number of thioether (sulfide) groups is 1. The summed E-state index contributed by atoms with van der Waals surface area (Å²) >= 11 is 1.25. The fourth-order valence-corrected chi connectivity index (χ4v) is 3.22. The predicted molar refractivity (Wildman–Crippen MR) is 101 cm³/mol. The van der Waals surface area contributed by atoms with Crippen LogP contribution in [-0.4, -0.2) is 31.3 Å². The molecule has 0 aliphatic heterocycles. The molecule has 2 aromatic heterocycles. The zero-order valence-electron chi connectivity index (χ0n) is 14.9. The van der Waals surface area contributed by atoms with Crippen molar-refractivity contribution in [2.75, 3.05) is 11.1 Å². The lowest BCUT2D eigenvalue weighted by molar-refractivity contribution is -0.384. The fourth-order valence-electron chi connectivity index (χ4n) is 2.51. The number of nitrogens with zero attached hydrogens (tertiary/aromatic N) is 4. The summed E-state index contributed by atoms with van der Waals surface area (Å²) in [6.07, 6.45) is 1.59. The SMILES string of the molecule is Cc1cc([N+](=O)[O-])ccc1NC(=O)CSc1nnc(-c2ccoc2C)n1C. The fraction of sp³-hybridized carbons (Fsp3) is 0.235. The van der Waals surface area contributed by atoms with Gasteiger partial charge in [0.25, 0.3) is 5.69 Å². The molecule has 0 fully saturated rings. The molecule has 0 saturated heterocycles. The van der Waals surface area contributed by atoms with Gasteiger partial charge in [-0.3, -0.25) is 14.9 Å². The van der Waals surface area contributed by atoms with E-state index in [1.54, 1.807) is 17.8 Å². The average Bonchev–Trinajstić information content (AvgIpc) is 3.20. The highest BCUT2D eigenvalue weighted by Crippen LogP contribution is 2.26. The Morgan fingerprint density at radius 3 is 2.74 bits per heavy atom. The lowest BCUT2D eigenvalue weighted by atomic mass is 10.2. The van der Waals surface area contributed by atoms with Gasteiger partial charge in [0.2, 0.25) is 5.91 Å². The molecular formula is C17H17N5O4S. The number of carbonyl (C=O) groups is 1. The lowest BCUT2D eigenvalue weighted by Gasteiger charge is -2.08. The summed E-state index contributed by atoms with van der Waals surface area (Å²) in [5.74, 6) is 1.30. The molecule has 27 heavy (non-hydrogen) atoms. The van der Waals surface area contributed by atoms with E-state index in [0.29, 0.717) is 22.2 Å². The van der Waals surface area contributed by atoms with Gasteiger partial charge < -0.3 is 14.3 Å². The Labute approximate surface area is 158 Å². The number of hydrogen-bond acceptors (Lipinski definition) is 7. The van der Waals surface area contributed by atoms with Crippen LogP contribution in [0.5, 0.6) is 0 Å². The third-order valence-corrected chi connectivity index (χ3v) is 4.98. The maximum atomic E-state index is 12.2. The number of furan rings is 1. The van der Waals surface area contributed by atoms with Crippen molar-refractivity contribution in [2.45, 2.75) is 19.0 Å². The number of amides is 1. The van der Waals surface area contributed by atoms with Gasteiger partial charge in [-0.15, -0.1) is 10.2 Å². The van der Waals surface area contributed by atoms with Crippen LogP contribution < -0.4 is 5.32 Å². The maximum Gasteiger partial charge on any atom is 0.269 e. The van der Waals surface area contributed by atoms with E-state index in [1.165, 1.54) is 30.0 Å². The Balaban J connectivity index is 1.64. The van der Waals surface area contributed by atoms with Crippen LogP contribution in [0.15, 0.2) is 40.1 Å². The van der Waals surface area contributed by atoms with E-state index in [0.717, 1.165) is 11.3 Å². The van der Waals surface area contributed by atoms with Crippen LogP contribution in [0.4, 0.5) is 11.4 Å². The van der Waals surface area contributed by atoms with Crippen LogP contribution in [0.3, 0.4) is 0 Å². The summed E-state index contributed by atoms with van der Waals surface area (Å²) in [6.45, 7) is 3.55. The van der Waals surface area contributed by atoms with Crippen molar-refractivity contribution in [3.8, 4) is 11.4 Å². The second kappa shape index (κ2) is 7.62. The van der Waals surface area contributed by atoms with Crippen molar-refractivity contribution < 1.29 is 14.1 Å². The van der Waals surface area contributed by atoms with E-state index < -0.39 is 4.92 Å². The van der Waals surface area contributed by atoms with Crippen molar-refractivity contribution >= 4 is 29.0 Å². The Morgan fingerprint density at radius 2 is 2.11 bits per heavy atom. The highest BCUT2D eigenvalue weighted by Gasteiger charge is 2.16. The Morgan fingerprint density at radius 1 is 1.33 bits per heavy atom. The Hall–Kier alpha value is -3.14. The summed E-state index contributed by atoms with van der Waals surface area (Å²) in [4.78, 5) is 22.5. The number of carbonyl (C=O) groups excluding carboxylic acids is 1. The highest BCUT2D eigenvalue weighted by atomic mass is 32.2. The number of aryl methyl sites for hydroxylation is 2. The molecule has 0 saturated carbocycles. The molecular weight excluding hydrogens is 370 g/mol. The largest absolute Gasteiger partial charge is 0.469 e. The van der Waals surface area contributed by atoms with E-state index in [1.807, 2.05) is 20.0 Å². The summed E-state index contributed by atoms with van der Waals surface area (Å²) < 4.78 is 7.09. The number of rotatable bonds is 6. The van der Waals surface area contributed by atoms with Crippen LogP contribution in [0.25, 0.3) is 11.4 Å². The first-order chi connectivity index (χ1) is 12.9. The van der Waals surface area contributed by atoms with Crippen molar-refractivity contribution in [3.05, 3.63) is 52.0 Å². The topological polar surface area (TPSA) is 116 Å². The first kappa shape index (κ1) is 18.6. The number of benzene rings is 1. The Kier molecular flexibility index (Phi) is 5.26. The second-order valence-corrected chi connectivity index (χ2v) is 6.79. The van der Waals surface area contributed by atoms with Crippen LogP contribution in [0.1, 0.15) is 11.3 Å². The van der Waals surface area contributed by atoms with Gasteiger partial charge in [0, 0.05) is 24.9 Å². The van der Waals surface area contributed by atoms with E-state index in [2.05, 4.69) is 15.5 Å². The molecule has 0 unspecified atom stereocenters. The number of non-ortho nitro benzene ring substituents is 1. The molecule has 0 radical (unpaired) electrons. The van der Waals surface area contributed by atoms with Gasteiger partial charge in [0.05, 0.1) is 22.5 Å². The predicted octanol–water partition coefficient (Wildman–Crippen LogP) is 3.33. The molecule has 0 aliphatic carbocycles. The van der Waals surface area contributed by atoms with Crippen molar-refractivity contribution in [1.29, 1.82) is 0 Å². The van der Waals surface area contributed by atoms with Crippen molar-refractivity contribution in [2.24, 2.45) is 7.05 Å². The zero-order valence-corrected chi connectivity index (χ0v) is 15.7. The van der Waals surface area contributed by atoms with Crippen LogP contribution in [0.2, 0.25) is 0 Å². The number of anilines is 1.